The largest absolute Gasteiger partial charge is 1.00 e. The molecule has 0 amide bonds. The van der Waals surface area contributed by atoms with Gasteiger partial charge in [-0.25, -0.2) is 0 Å². The first-order valence-electron chi connectivity index (χ1n) is 4.29. The molecule has 0 aliphatic rings. The average Bonchev–Trinajstić information content (AvgIpc) is 2.16. The van der Waals surface area contributed by atoms with E-state index in [0.717, 1.165) is 5.56 Å². The molecule has 0 spiro atoms. The maximum absolute atomic E-state index is 10.4. The smallest absolute Gasteiger partial charge is 0.546 e. The summed E-state index contributed by atoms with van der Waals surface area (Å²) in [6.07, 6.45) is 0.348. The molecule has 1 aromatic rings. The predicted molar refractivity (Wildman–Crippen MR) is 48.9 cm³/mol. The topological polar surface area (TPSA) is 86.4 Å². The van der Waals surface area contributed by atoms with E-state index in [4.69, 9.17) is 10.8 Å². The molecule has 1 atom stereocenters. The Morgan fingerprint density at radius 2 is 1.93 bits per heavy atom. The van der Waals surface area contributed by atoms with Gasteiger partial charge in [-0.15, -0.1) is 0 Å². The summed E-state index contributed by atoms with van der Waals surface area (Å²) in [5.74, 6) is -1.64. The zero-order chi connectivity index (χ0) is 10.6. The van der Waals surface area contributed by atoms with Crippen molar-refractivity contribution in [2.45, 2.75) is 18.6 Å². The second-order valence-electron chi connectivity index (χ2n) is 3.20. The summed E-state index contributed by atoms with van der Waals surface area (Å²) in [5.41, 5.74) is 3.79. The molecule has 5 heteroatoms. The molecule has 0 aliphatic carbocycles. The molecular weight excluding hydrogens is 205 g/mol. The number of nitrogens with two attached hydrogens (primary N) is 1. The number of rotatable bonds is 4. The fraction of sp³-hybridized carbons (Fsp3) is 0.300. The minimum absolute atomic E-state index is 0. The van der Waals surface area contributed by atoms with Crippen molar-refractivity contribution in [2.75, 3.05) is 0 Å². The molecule has 0 heterocycles. The van der Waals surface area contributed by atoms with Gasteiger partial charge in [-0.2, -0.15) is 0 Å². The molecule has 0 aliphatic heterocycles. The minimum Gasteiger partial charge on any atom is -0.546 e. The number of aliphatic carboxylic acids is 1. The van der Waals surface area contributed by atoms with E-state index in [1.807, 2.05) is 30.3 Å². The Morgan fingerprint density at radius 1 is 1.40 bits per heavy atom. The summed E-state index contributed by atoms with van der Waals surface area (Å²) < 4.78 is 0. The Labute approximate surface area is 110 Å². The quantitative estimate of drug-likeness (QED) is 0.398. The molecule has 0 saturated heterocycles. The minimum atomic E-state index is -2.24. The average molecular weight is 217 g/mol. The molecule has 0 saturated carbocycles. The number of hydrogen-bond acceptors (Lipinski definition) is 4. The fourth-order valence-electron chi connectivity index (χ4n) is 1.08. The summed E-state index contributed by atoms with van der Waals surface area (Å²) in [6, 6.07) is 9.21. The zero-order valence-electron chi connectivity index (χ0n) is 8.64. The first-order chi connectivity index (χ1) is 6.52. The van der Waals surface area contributed by atoms with Crippen LogP contribution >= 0.6 is 0 Å². The molecule has 76 valence electrons. The van der Waals surface area contributed by atoms with E-state index in [0.29, 0.717) is 6.42 Å². The normalized spacial score (nSPS) is 13.7. The predicted octanol–water partition coefficient (Wildman–Crippen LogP) is -3.98. The van der Waals surface area contributed by atoms with Crippen molar-refractivity contribution < 1.29 is 44.6 Å². The second kappa shape index (κ2) is 6.25. The molecule has 0 fully saturated rings. The maximum atomic E-state index is 10.4. The van der Waals surface area contributed by atoms with Gasteiger partial charge < -0.3 is 15.0 Å². The van der Waals surface area contributed by atoms with Crippen LogP contribution in [0.3, 0.4) is 0 Å². The summed E-state index contributed by atoms with van der Waals surface area (Å²) in [7, 11) is 0. The van der Waals surface area contributed by atoms with Crippen molar-refractivity contribution in [2.24, 2.45) is 5.73 Å². The van der Waals surface area contributed by atoms with Crippen LogP contribution < -0.4 is 40.4 Å². The van der Waals surface area contributed by atoms with Gasteiger partial charge in [0.1, 0.15) is 0 Å². The first kappa shape index (κ1) is 14.6. The Morgan fingerprint density at radius 3 is 2.40 bits per heavy atom. The number of aliphatic hydroxyl groups is 1. The third kappa shape index (κ3) is 4.77. The van der Waals surface area contributed by atoms with Crippen LogP contribution in [0.5, 0.6) is 0 Å². The molecule has 1 unspecified atom stereocenters. The summed E-state index contributed by atoms with van der Waals surface area (Å²) in [5, 5.41) is 19.5. The fourth-order valence-corrected chi connectivity index (χ4v) is 1.08. The van der Waals surface area contributed by atoms with Gasteiger partial charge in [0, 0.05) is 0 Å². The van der Waals surface area contributed by atoms with Crippen LogP contribution in [0.1, 0.15) is 12.0 Å². The number of carbonyl (C=O) groups excluding carboxylic acids is 1. The molecule has 0 bridgehead atoms. The SMILES string of the molecule is NC(O)(CCc1ccccc1)C(=O)[O-].[Na+]. The van der Waals surface area contributed by atoms with Gasteiger partial charge in [-0.3, -0.25) is 5.73 Å². The monoisotopic (exact) mass is 217 g/mol. The van der Waals surface area contributed by atoms with Crippen molar-refractivity contribution >= 4 is 5.97 Å². The van der Waals surface area contributed by atoms with E-state index in [1.54, 1.807) is 0 Å². The van der Waals surface area contributed by atoms with E-state index in [9.17, 15) is 9.90 Å². The number of aryl methyl sites for hydroxylation is 1. The third-order valence-corrected chi connectivity index (χ3v) is 1.99. The zero-order valence-corrected chi connectivity index (χ0v) is 10.6. The van der Waals surface area contributed by atoms with Crippen molar-refractivity contribution in [3.05, 3.63) is 35.9 Å². The van der Waals surface area contributed by atoms with Gasteiger partial charge in [0.05, 0.1) is 5.97 Å². The van der Waals surface area contributed by atoms with Gasteiger partial charge >= 0.3 is 29.6 Å². The molecular formula is C10H12NNaO3. The van der Waals surface area contributed by atoms with E-state index in [-0.39, 0.29) is 36.0 Å². The van der Waals surface area contributed by atoms with E-state index in [1.165, 1.54) is 0 Å². The summed E-state index contributed by atoms with van der Waals surface area (Å²) in [4.78, 5) is 10.4. The van der Waals surface area contributed by atoms with Gasteiger partial charge in [-0.1, -0.05) is 30.3 Å². The molecule has 0 radical (unpaired) electrons. The van der Waals surface area contributed by atoms with Crippen molar-refractivity contribution in [3.8, 4) is 0 Å². The summed E-state index contributed by atoms with van der Waals surface area (Å²) in [6.45, 7) is 0. The van der Waals surface area contributed by atoms with Crippen molar-refractivity contribution in [3.63, 3.8) is 0 Å². The number of benzene rings is 1. The Bertz CT molecular complexity index is 314. The van der Waals surface area contributed by atoms with Crippen LogP contribution in [0.25, 0.3) is 0 Å². The molecule has 0 aromatic heterocycles. The third-order valence-electron chi connectivity index (χ3n) is 1.99. The standard InChI is InChI=1S/C10H13NO3.Na/c11-10(14,9(12)13)7-6-8-4-2-1-3-5-8;/h1-5,14H,6-7,11H2,(H,12,13);/q;+1/p-1. The molecule has 3 N–H and O–H groups in total. The van der Waals surface area contributed by atoms with Crippen LogP contribution in [0.4, 0.5) is 0 Å². The summed E-state index contributed by atoms with van der Waals surface area (Å²) >= 11 is 0. The van der Waals surface area contributed by atoms with Crippen LogP contribution in [0.15, 0.2) is 30.3 Å². The van der Waals surface area contributed by atoms with Crippen LogP contribution in [-0.4, -0.2) is 16.8 Å². The number of hydrogen-bond donors (Lipinski definition) is 2. The molecule has 4 nitrogen and oxygen atoms in total. The van der Waals surface area contributed by atoms with E-state index in [2.05, 4.69) is 0 Å². The van der Waals surface area contributed by atoms with Gasteiger partial charge in [-0.05, 0) is 18.4 Å². The number of carboxylic acids is 1. The molecule has 15 heavy (non-hydrogen) atoms. The number of carboxylic acid groups (broad SMARTS) is 1. The Balaban J connectivity index is 0.00000196. The van der Waals surface area contributed by atoms with Crippen LogP contribution in [-0.2, 0) is 11.2 Å². The number of carbonyl (C=O) groups is 1. The molecule has 1 rings (SSSR count). The maximum Gasteiger partial charge on any atom is 1.00 e. The molecule has 1 aromatic carbocycles. The van der Waals surface area contributed by atoms with Crippen LogP contribution in [0, 0.1) is 0 Å². The second-order valence-corrected chi connectivity index (χ2v) is 3.20. The van der Waals surface area contributed by atoms with Gasteiger partial charge in [0.25, 0.3) is 0 Å². The Kier molecular flexibility index (Phi) is 6.09. The van der Waals surface area contributed by atoms with Gasteiger partial charge in [0.2, 0.25) is 0 Å². The van der Waals surface area contributed by atoms with E-state index >= 15 is 0 Å². The Hall–Kier alpha value is -0.390. The van der Waals surface area contributed by atoms with Gasteiger partial charge in [0.15, 0.2) is 5.72 Å². The van der Waals surface area contributed by atoms with E-state index < -0.39 is 11.7 Å². The first-order valence-corrected chi connectivity index (χ1v) is 4.29. The van der Waals surface area contributed by atoms with Crippen molar-refractivity contribution in [1.29, 1.82) is 0 Å². The van der Waals surface area contributed by atoms with Crippen molar-refractivity contribution in [1.82, 2.24) is 0 Å². The van der Waals surface area contributed by atoms with Crippen LogP contribution in [0.2, 0.25) is 0 Å².